The number of hydrogen-bond acceptors (Lipinski definition) is 1. The Kier molecular flexibility index (Phi) is 7.63. The number of nitrogens with zero attached hydrogens (tertiary/aromatic N) is 1. The maximum atomic E-state index is 2.38. The molecular formula is C46H33N. The van der Waals surface area contributed by atoms with Gasteiger partial charge in [0.15, 0.2) is 0 Å². The van der Waals surface area contributed by atoms with E-state index in [1.165, 1.54) is 55.3 Å². The molecule has 0 amide bonds. The third kappa shape index (κ3) is 5.72. The summed E-state index contributed by atoms with van der Waals surface area (Å²) in [6, 6.07) is 71.8. The van der Waals surface area contributed by atoms with Crippen LogP contribution in [0.15, 0.2) is 200 Å². The predicted octanol–water partition coefficient (Wildman–Crippen LogP) is 13.0. The van der Waals surface area contributed by atoms with Gasteiger partial charge in [0.25, 0.3) is 0 Å². The van der Waals surface area contributed by atoms with E-state index in [0.717, 1.165) is 17.1 Å². The summed E-state index contributed by atoms with van der Waals surface area (Å²) in [7, 11) is 0. The first-order valence-corrected chi connectivity index (χ1v) is 16.1. The largest absolute Gasteiger partial charge is 0.310 e. The van der Waals surface area contributed by atoms with Crippen LogP contribution in [-0.2, 0) is 0 Å². The summed E-state index contributed by atoms with van der Waals surface area (Å²) in [5, 5.41) is 2.52. The number of para-hydroxylation sites is 1. The molecule has 0 aliphatic carbocycles. The number of benzene rings is 8. The van der Waals surface area contributed by atoms with Crippen molar-refractivity contribution in [2.24, 2.45) is 0 Å². The first kappa shape index (κ1) is 28.3. The molecule has 0 atom stereocenters. The molecule has 0 heterocycles. The summed E-state index contributed by atoms with van der Waals surface area (Å²) >= 11 is 0. The number of fused-ring (bicyclic) bond motifs is 1. The molecule has 0 unspecified atom stereocenters. The highest BCUT2D eigenvalue weighted by Gasteiger charge is 2.18. The van der Waals surface area contributed by atoms with Crippen LogP contribution in [0.5, 0.6) is 0 Å². The van der Waals surface area contributed by atoms with E-state index in [0.29, 0.717) is 0 Å². The lowest BCUT2D eigenvalue weighted by Crippen LogP contribution is -2.11. The van der Waals surface area contributed by atoms with Crippen molar-refractivity contribution in [3.8, 4) is 44.5 Å². The molecule has 8 aromatic carbocycles. The fourth-order valence-corrected chi connectivity index (χ4v) is 6.56. The summed E-state index contributed by atoms with van der Waals surface area (Å²) < 4.78 is 0. The minimum Gasteiger partial charge on any atom is -0.310 e. The second kappa shape index (κ2) is 12.7. The van der Waals surface area contributed by atoms with Gasteiger partial charge in [-0.1, -0.05) is 164 Å². The highest BCUT2D eigenvalue weighted by atomic mass is 15.1. The van der Waals surface area contributed by atoms with Crippen LogP contribution in [0.4, 0.5) is 17.1 Å². The van der Waals surface area contributed by atoms with Gasteiger partial charge in [0.2, 0.25) is 0 Å². The van der Waals surface area contributed by atoms with Crippen LogP contribution in [0, 0.1) is 0 Å². The third-order valence-corrected chi connectivity index (χ3v) is 8.86. The monoisotopic (exact) mass is 599 g/mol. The van der Waals surface area contributed by atoms with E-state index in [9.17, 15) is 0 Å². The molecule has 0 fully saturated rings. The minimum absolute atomic E-state index is 1.11. The average Bonchev–Trinajstić information content (AvgIpc) is 3.16. The second-order valence-corrected chi connectivity index (χ2v) is 11.8. The quantitative estimate of drug-likeness (QED) is 0.176. The van der Waals surface area contributed by atoms with Crippen molar-refractivity contribution in [2.45, 2.75) is 0 Å². The summed E-state index contributed by atoms with van der Waals surface area (Å²) in [5.41, 5.74) is 13.0. The molecule has 0 spiro atoms. The van der Waals surface area contributed by atoms with Crippen molar-refractivity contribution in [1.29, 1.82) is 0 Å². The molecule has 0 saturated carbocycles. The van der Waals surface area contributed by atoms with Crippen LogP contribution in [0.2, 0.25) is 0 Å². The number of rotatable bonds is 7. The Morgan fingerprint density at radius 3 is 1.62 bits per heavy atom. The van der Waals surface area contributed by atoms with Gasteiger partial charge in [0, 0.05) is 16.9 Å². The molecule has 222 valence electrons. The second-order valence-electron chi connectivity index (χ2n) is 11.8. The Morgan fingerprint density at radius 2 is 0.809 bits per heavy atom. The summed E-state index contributed by atoms with van der Waals surface area (Å²) in [6.07, 6.45) is 0. The van der Waals surface area contributed by atoms with E-state index in [2.05, 4.69) is 205 Å². The predicted molar refractivity (Wildman–Crippen MR) is 200 cm³/mol. The standard InChI is InChI=1S/C46H33N/c1-3-14-34(15-4-1)35-28-30-41(31-29-35)47(46-27-10-9-25-45(46)37-16-5-2-6-17-37)42-23-12-21-39(33-42)38-20-11-22-40(32-38)44-26-13-19-36-18-7-8-24-43(36)44/h1-33H. The Morgan fingerprint density at radius 1 is 0.277 bits per heavy atom. The maximum absolute atomic E-state index is 2.38. The van der Waals surface area contributed by atoms with E-state index >= 15 is 0 Å². The first-order valence-electron chi connectivity index (χ1n) is 16.1. The summed E-state index contributed by atoms with van der Waals surface area (Å²) in [4.78, 5) is 2.38. The van der Waals surface area contributed by atoms with Crippen LogP contribution >= 0.6 is 0 Å². The molecule has 47 heavy (non-hydrogen) atoms. The van der Waals surface area contributed by atoms with E-state index in [1.807, 2.05) is 0 Å². The zero-order chi connectivity index (χ0) is 31.4. The molecule has 0 aliphatic rings. The lowest BCUT2D eigenvalue weighted by molar-refractivity contribution is 1.28. The van der Waals surface area contributed by atoms with Gasteiger partial charge < -0.3 is 4.90 Å². The van der Waals surface area contributed by atoms with Gasteiger partial charge >= 0.3 is 0 Å². The zero-order valence-electron chi connectivity index (χ0n) is 26.0. The summed E-state index contributed by atoms with van der Waals surface area (Å²) in [6.45, 7) is 0. The lowest BCUT2D eigenvalue weighted by atomic mass is 9.95. The van der Waals surface area contributed by atoms with E-state index in [-0.39, 0.29) is 0 Å². The van der Waals surface area contributed by atoms with E-state index in [4.69, 9.17) is 0 Å². The molecule has 8 rings (SSSR count). The van der Waals surface area contributed by atoms with Crippen LogP contribution in [0.3, 0.4) is 0 Å². The molecule has 0 aromatic heterocycles. The lowest BCUT2D eigenvalue weighted by Gasteiger charge is -2.28. The highest BCUT2D eigenvalue weighted by molar-refractivity contribution is 5.97. The molecule has 0 saturated heterocycles. The average molecular weight is 600 g/mol. The fourth-order valence-electron chi connectivity index (χ4n) is 6.56. The Balaban J connectivity index is 1.25. The minimum atomic E-state index is 1.11. The van der Waals surface area contributed by atoms with Crippen LogP contribution in [0.25, 0.3) is 55.3 Å². The highest BCUT2D eigenvalue weighted by Crippen LogP contribution is 2.42. The molecule has 0 aliphatic heterocycles. The molecule has 1 nitrogen and oxygen atoms in total. The number of anilines is 3. The van der Waals surface area contributed by atoms with Gasteiger partial charge in [-0.15, -0.1) is 0 Å². The van der Waals surface area contributed by atoms with Crippen LogP contribution < -0.4 is 4.90 Å². The maximum Gasteiger partial charge on any atom is 0.0540 e. The third-order valence-electron chi connectivity index (χ3n) is 8.86. The Bertz CT molecular complexity index is 2280. The fraction of sp³-hybridized carbons (Fsp3) is 0. The van der Waals surface area contributed by atoms with Crippen molar-refractivity contribution in [1.82, 2.24) is 0 Å². The first-order chi connectivity index (χ1) is 23.3. The topological polar surface area (TPSA) is 3.24 Å². The van der Waals surface area contributed by atoms with Crippen molar-refractivity contribution in [2.75, 3.05) is 4.90 Å². The smallest absolute Gasteiger partial charge is 0.0540 e. The molecule has 0 N–H and O–H groups in total. The van der Waals surface area contributed by atoms with Crippen molar-refractivity contribution in [3.05, 3.63) is 200 Å². The van der Waals surface area contributed by atoms with E-state index < -0.39 is 0 Å². The van der Waals surface area contributed by atoms with E-state index in [1.54, 1.807) is 0 Å². The number of hydrogen-bond donors (Lipinski definition) is 0. The SMILES string of the molecule is c1ccc(-c2ccc(N(c3cccc(-c4cccc(-c5cccc6ccccc56)c4)c3)c3ccccc3-c3ccccc3)cc2)cc1. The summed E-state index contributed by atoms with van der Waals surface area (Å²) in [5.74, 6) is 0. The molecule has 0 bridgehead atoms. The molecule has 0 radical (unpaired) electrons. The Labute approximate surface area is 276 Å². The van der Waals surface area contributed by atoms with Crippen LogP contribution in [-0.4, -0.2) is 0 Å². The normalized spacial score (nSPS) is 11.0. The molecular weight excluding hydrogens is 567 g/mol. The molecule has 8 aromatic rings. The van der Waals surface area contributed by atoms with Gasteiger partial charge in [0.1, 0.15) is 0 Å². The van der Waals surface area contributed by atoms with Crippen molar-refractivity contribution >= 4 is 27.8 Å². The van der Waals surface area contributed by atoms with Gasteiger partial charge in [-0.3, -0.25) is 0 Å². The zero-order valence-corrected chi connectivity index (χ0v) is 26.0. The van der Waals surface area contributed by atoms with Crippen molar-refractivity contribution < 1.29 is 0 Å². The molecule has 1 heteroatoms. The Hall–Kier alpha value is -6.18. The van der Waals surface area contributed by atoms with Gasteiger partial charge in [-0.25, -0.2) is 0 Å². The van der Waals surface area contributed by atoms with Gasteiger partial charge in [0.05, 0.1) is 5.69 Å². The van der Waals surface area contributed by atoms with Gasteiger partial charge in [-0.2, -0.15) is 0 Å². The van der Waals surface area contributed by atoms with Crippen LogP contribution in [0.1, 0.15) is 0 Å². The van der Waals surface area contributed by atoms with Crippen molar-refractivity contribution in [3.63, 3.8) is 0 Å². The van der Waals surface area contributed by atoms with Gasteiger partial charge in [-0.05, 0) is 86.1 Å².